The van der Waals surface area contributed by atoms with Crippen LogP contribution < -0.4 is 0 Å². The first-order chi connectivity index (χ1) is 35.2. The molecule has 1 N–H and O–H groups in total. The van der Waals surface area contributed by atoms with E-state index in [-0.39, 0.29) is 30.9 Å². The van der Waals surface area contributed by atoms with Gasteiger partial charge in [-0.2, -0.15) is 0 Å². The van der Waals surface area contributed by atoms with Crippen LogP contribution >= 0.6 is 0 Å². The Morgan fingerprint density at radius 3 is 1.73 bits per heavy atom. The fourth-order valence-electron chi connectivity index (χ4n) is 10.7. The van der Waals surface area contributed by atoms with E-state index in [9.17, 15) is 48.3 Å². The minimum absolute atomic E-state index is 0.206. The van der Waals surface area contributed by atoms with Crippen LogP contribution in [-0.4, -0.2) is 197 Å². The molecular weight excluding hydrogens is 965 g/mol. The number of likely N-dealkylation sites (N-methyl/N-ethyl adjacent to an activating group) is 4. The number of esters is 2. The summed E-state index contributed by atoms with van der Waals surface area (Å²) in [4.78, 5) is 136. The van der Waals surface area contributed by atoms with Crippen LogP contribution in [0.5, 0.6) is 0 Å². The van der Waals surface area contributed by atoms with Gasteiger partial charge in [-0.1, -0.05) is 74.3 Å². The first-order valence-electron chi connectivity index (χ1n) is 27.6. The van der Waals surface area contributed by atoms with Crippen LogP contribution in [0.15, 0.2) is 11.6 Å². The van der Waals surface area contributed by atoms with E-state index in [0.717, 1.165) is 0 Å². The van der Waals surface area contributed by atoms with Crippen LogP contribution in [0, 0.1) is 29.6 Å². The minimum Gasteiger partial charge on any atom is -0.462 e. The summed E-state index contributed by atoms with van der Waals surface area (Å²) in [6, 6.07) is -6.16. The van der Waals surface area contributed by atoms with Gasteiger partial charge in [0, 0.05) is 48.4 Å². The molecule has 0 saturated carbocycles. The van der Waals surface area contributed by atoms with Crippen molar-refractivity contribution in [2.24, 2.45) is 29.6 Å². The van der Waals surface area contributed by atoms with E-state index >= 15 is 0 Å². The summed E-state index contributed by atoms with van der Waals surface area (Å²) in [7, 11) is 7.37. The molecule has 3 rings (SSSR count). The number of cyclic esters (lactones) is 2. The lowest BCUT2D eigenvalue weighted by molar-refractivity contribution is -0.162. The van der Waals surface area contributed by atoms with Gasteiger partial charge in [-0.3, -0.25) is 38.4 Å². The zero-order valence-corrected chi connectivity index (χ0v) is 48.3. The van der Waals surface area contributed by atoms with Crippen molar-refractivity contribution < 1.29 is 62.5 Å². The second-order valence-electron chi connectivity index (χ2n) is 22.4. The number of hydrogen-bond donors (Lipinski definition) is 1. The van der Waals surface area contributed by atoms with Crippen molar-refractivity contribution in [1.82, 2.24) is 29.4 Å². The fraction of sp³-hybridized carbons (Fsp3) is 0.804. The summed E-state index contributed by atoms with van der Waals surface area (Å²) in [5.74, 6) is -6.86. The van der Waals surface area contributed by atoms with Gasteiger partial charge in [0.05, 0.1) is 25.0 Å². The molecule has 0 spiro atoms. The molecule has 0 aromatic heterocycles. The molecule has 19 nitrogen and oxygen atoms in total. The van der Waals surface area contributed by atoms with Crippen molar-refractivity contribution in [2.45, 2.75) is 208 Å². The highest BCUT2D eigenvalue weighted by Gasteiger charge is 2.47. The van der Waals surface area contributed by atoms with E-state index in [1.165, 1.54) is 64.7 Å². The predicted octanol–water partition coefficient (Wildman–Crippen LogP) is 5.04. The van der Waals surface area contributed by atoms with Gasteiger partial charge in [-0.15, -0.1) is 0 Å². The van der Waals surface area contributed by atoms with Gasteiger partial charge in [0.1, 0.15) is 48.5 Å². The monoisotopic (exact) mass is 1060 g/mol. The van der Waals surface area contributed by atoms with Crippen molar-refractivity contribution in [2.75, 3.05) is 55.0 Å². The Morgan fingerprint density at radius 1 is 0.640 bits per heavy atom. The van der Waals surface area contributed by atoms with E-state index in [1.807, 2.05) is 41.5 Å². The SMILES string of the molecule is CCC1CCCCC(O)C(C)C(=O)OC(C)C(C)CC=C(C)C(=O)CC(=O)N(C)C(C(C)CC)C(=O)N(C)C(C(C)C)C(=O)N(C)C(COC)C(=O)N2CCCC2C(=O)N(C)C(C(C)C)C(=O)N2CCCC2C(=O)O1. The van der Waals surface area contributed by atoms with Crippen molar-refractivity contribution in [3.8, 4) is 0 Å². The number of ketones is 1. The normalized spacial score (nSPS) is 31.0. The van der Waals surface area contributed by atoms with Gasteiger partial charge in [-0.05, 0) is 108 Å². The number of carbonyl (C=O) groups excluding carboxylic acids is 9. The van der Waals surface area contributed by atoms with Crippen LogP contribution in [-0.2, 0) is 57.4 Å². The second kappa shape index (κ2) is 29.6. The number of nitrogens with zero attached hydrogens (tertiary/aromatic N) is 6. The Morgan fingerprint density at radius 2 is 1.17 bits per heavy atom. The number of ether oxygens (including phenoxy) is 3. The maximum absolute atomic E-state index is 14.8. The Kier molecular flexibility index (Phi) is 25.4. The van der Waals surface area contributed by atoms with Crippen LogP contribution in [0.25, 0.3) is 0 Å². The zero-order valence-electron chi connectivity index (χ0n) is 48.3. The van der Waals surface area contributed by atoms with Crippen molar-refractivity contribution >= 4 is 53.2 Å². The molecule has 12 atom stereocenters. The Balaban J connectivity index is 2.05. The van der Waals surface area contributed by atoms with Gasteiger partial charge in [0.2, 0.25) is 35.4 Å². The number of aliphatic hydroxyl groups is 1. The van der Waals surface area contributed by atoms with Gasteiger partial charge in [0.25, 0.3) is 0 Å². The summed E-state index contributed by atoms with van der Waals surface area (Å²) >= 11 is 0. The molecule has 0 bridgehead atoms. The number of allylic oxidation sites excluding steroid dienone is 2. The lowest BCUT2D eigenvalue weighted by atomic mass is 9.93. The first-order valence-corrected chi connectivity index (χ1v) is 27.6. The van der Waals surface area contributed by atoms with Crippen molar-refractivity contribution in [3.05, 3.63) is 11.6 Å². The number of hydrogen-bond acceptors (Lipinski definition) is 13. The standard InChI is InChI=1S/C56H94N6O13/c1-17-35(7)49-53(69)60(15)47(33(3)4)52(68)57(12)43(32-73-16)51(67)61-29-21-24-41(61)50(66)59(14)48(34(5)6)54(70)62-30-22-25-42(62)56(72)75-40(18-2)23-19-20-26-44(63)38(10)55(71)74-39(11)36(8)27-28-37(9)45(64)31-46(65)58(49)13/h28,33-36,38-44,47-49,63H,17-27,29-32H2,1-16H3. The highest BCUT2D eigenvalue weighted by molar-refractivity contribution is 6.07. The number of methoxy groups -OCH3 is 1. The summed E-state index contributed by atoms with van der Waals surface area (Å²) in [6.07, 6.45) is 4.29. The quantitative estimate of drug-likeness (QED) is 0.261. The zero-order chi connectivity index (χ0) is 56.8. The second-order valence-corrected chi connectivity index (χ2v) is 22.4. The van der Waals surface area contributed by atoms with E-state index in [4.69, 9.17) is 14.2 Å². The van der Waals surface area contributed by atoms with Crippen LogP contribution in [0.2, 0.25) is 0 Å². The van der Waals surface area contributed by atoms with Gasteiger partial charge in [-0.25, -0.2) is 4.79 Å². The molecule has 6 amide bonds. The molecule has 3 aliphatic heterocycles. The summed E-state index contributed by atoms with van der Waals surface area (Å²) in [6.45, 7) is 19.9. The van der Waals surface area contributed by atoms with Crippen LogP contribution in [0.1, 0.15) is 153 Å². The third kappa shape index (κ3) is 16.3. The Bertz CT molecular complexity index is 2030. The van der Waals surface area contributed by atoms with E-state index in [2.05, 4.69) is 0 Å². The first kappa shape index (κ1) is 64.4. The molecule has 0 radical (unpaired) electrons. The van der Waals surface area contributed by atoms with E-state index < -0.39 is 126 Å². The topological polar surface area (TPSA) is 221 Å². The van der Waals surface area contributed by atoms with E-state index in [0.29, 0.717) is 82.7 Å². The van der Waals surface area contributed by atoms with Gasteiger partial charge >= 0.3 is 11.9 Å². The van der Waals surface area contributed by atoms with Crippen molar-refractivity contribution in [1.29, 1.82) is 0 Å². The van der Waals surface area contributed by atoms with Crippen LogP contribution in [0.3, 0.4) is 0 Å². The third-order valence-corrected chi connectivity index (χ3v) is 16.2. The molecule has 0 aromatic rings. The molecule has 0 aromatic carbocycles. The summed E-state index contributed by atoms with van der Waals surface area (Å²) in [5, 5.41) is 11.0. The predicted molar refractivity (Wildman–Crippen MR) is 283 cm³/mol. The van der Waals surface area contributed by atoms with Gasteiger partial charge < -0.3 is 48.7 Å². The largest absolute Gasteiger partial charge is 0.462 e. The average Bonchev–Trinajstić information content (AvgIpc) is 4.08. The highest BCUT2D eigenvalue weighted by Crippen LogP contribution is 2.29. The van der Waals surface area contributed by atoms with Crippen LogP contribution in [0.4, 0.5) is 0 Å². The minimum atomic E-state index is -1.21. The fourth-order valence-corrected chi connectivity index (χ4v) is 10.7. The third-order valence-electron chi connectivity index (χ3n) is 16.2. The average molecular weight is 1060 g/mol. The molecule has 3 aliphatic rings. The van der Waals surface area contributed by atoms with Gasteiger partial charge in [0.15, 0.2) is 5.78 Å². The maximum Gasteiger partial charge on any atom is 0.329 e. The number of rotatable bonds is 7. The lowest BCUT2D eigenvalue weighted by Crippen LogP contribution is -2.62. The molecule has 2 fully saturated rings. The van der Waals surface area contributed by atoms with E-state index in [1.54, 1.807) is 40.7 Å². The molecule has 0 aliphatic carbocycles. The Labute approximate surface area is 447 Å². The molecular formula is C56H94N6O13. The number of fused-ring (bicyclic) bond motifs is 2. The molecule has 2 saturated heterocycles. The number of carbonyl (C=O) groups is 9. The summed E-state index contributed by atoms with van der Waals surface area (Å²) in [5.41, 5.74) is 0.332. The Hall–Kier alpha value is -4.91. The summed E-state index contributed by atoms with van der Waals surface area (Å²) < 4.78 is 17.3. The molecule has 12 unspecified atom stereocenters. The molecule has 3 heterocycles. The maximum atomic E-state index is 14.8. The molecule has 75 heavy (non-hydrogen) atoms. The smallest absolute Gasteiger partial charge is 0.329 e. The number of amides is 6. The number of aliphatic hydroxyl groups excluding tert-OH is 1. The lowest BCUT2D eigenvalue weighted by Gasteiger charge is -2.41. The molecule has 19 heteroatoms. The van der Waals surface area contributed by atoms with Crippen molar-refractivity contribution in [3.63, 3.8) is 0 Å². The highest BCUT2D eigenvalue weighted by atomic mass is 16.5. The molecule has 426 valence electrons. The number of Topliss-reactive ketones (excluding diaryl/α,β-unsaturated/α-hetero) is 1.